The zero-order valence-electron chi connectivity index (χ0n) is 16.3. The third-order valence-corrected chi connectivity index (χ3v) is 5.08. The van der Waals surface area contributed by atoms with Crippen molar-refractivity contribution in [1.82, 2.24) is 24.8 Å². The quantitative estimate of drug-likeness (QED) is 0.663. The first-order chi connectivity index (χ1) is 14.2. The normalized spacial score (nSPS) is 17.1. The van der Waals surface area contributed by atoms with Crippen molar-refractivity contribution in [1.29, 1.82) is 0 Å². The first-order valence-corrected chi connectivity index (χ1v) is 9.76. The van der Waals surface area contributed by atoms with Gasteiger partial charge in [0.1, 0.15) is 23.8 Å². The molecule has 150 valence electrons. The lowest BCUT2D eigenvalue weighted by molar-refractivity contribution is 0.198. The highest BCUT2D eigenvalue weighted by Crippen LogP contribution is 2.27. The van der Waals surface area contributed by atoms with Crippen LogP contribution in [0.1, 0.15) is 30.0 Å². The van der Waals surface area contributed by atoms with Gasteiger partial charge in [0.15, 0.2) is 0 Å². The number of halogens is 1. The first kappa shape index (κ1) is 19.2. The minimum atomic E-state index is -0.197. The Balaban J connectivity index is 1.43. The molecule has 1 atom stereocenters. The maximum Gasteiger partial charge on any atom is 0.228 e. The van der Waals surface area contributed by atoms with Gasteiger partial charge in [0.2, 0.25) is 5.95 Å². The molecule has 0 radical (unpaired) electrons. The Hall–Kier alpha value is -3.13. The fourth-order valence-corrected chi connectivity index (χ4v) is 3.63. The lowest BCUT2D eigenvalue weighted by Gasteiger charge is -2.32. The lowest BCUT2D eigenvalue weighted by Crippen LogP contribution is -2.34. The summed E-state index contributed by atoms with van der Waals surface area (Å²) in [6.07, 6.45) is 5.47. The van der Waals surface area contributed by atoms with Crippen LogP contribution in [0.25, 0.3) is 0 Å². The molecule has 1 aromatic carbocycles. The standard InChI is InChI=1S/C21H24FN7/c1-23-19-11-20(26-14-25-19)28-21-24-9-8-18(27-21)16-3-2-10-29(13-16)12-15-4-6-17(22)7-5-15/h4-9,11,14,16H,2-3,10,12-13H2,1H3,(H2,23,24,25,26,27,28). The van der Waals surface area contributed by atoms with Gasteiger partial charge >= 0.3 is 0 Å². The number of aromatic nitrogens is 4. The summed E-state index contributed by atoms with van der Waals surface area (Å²) >= 11 is 0. The van der Waals surface area contributed by atoms with Crippen molar-refractivity contribution in [3.8, 4) is 0 Å². The van der Waals surface area contributed by atoms with Crippen molar-refractivity contribution in [3.05, 3.63) is 66.0 Å². The second-order valence-electron chi connectivity index (χ2n) is 7.17. The van der Waals surface area contributed by atoms with Crippen LogP contribution in [-0.2, 0) is 6.54 Å². The van der Waals surface area contributed by atoms with E-state index in [1.165, 1.54) is 18.5 Å². The second-order valence-corrected chi connectivity index (χ2v) is 7.17. The summed E-state index contributed by atoms with van der Waals surface area (Å²) < 4.78 is 13.1. The van der Waals surface area contributed by atoms with Gasteiger partial charge < -0.3 is 10.6 Å². The van der Waals surface area contributed by atoms with Crippen LogP contribution in [0.5, 0.6) is 0 Å². The zero-order valence-corrected chi connectivity index (χ0v) is 16.3. The van der Waals surface area contributed by atoms with Crippen LogP contribution in [-0.4, -0.2) is 45.0 Å². The van der Waals surface area contributed by atoms with E-state index in [4.69, 9.17) is 4.98 Å². The van der Waals surface area contributed by atoms with E-state index in [-0.39, 0.29) is 5.82 Å². The average Bonchev–Trinajstić information content (AvgIpc) is 2.76. The first-order valence-electron chi connectivity index (χ1n) is 9.76. The van der Waals surface area contributed by atoms with E-state index in [0.717, 1.165) is 49.6 Å². The number of hydrogen-bond acceptors (Lipinski definition) is 7. The smallest absolute Gasteiger partial charge is 0.228 e. The predicted octanol–water partition coefficient (Wildman–Crippen LogP) is 3.57. The molecule has 7 nitrogen and oxygen atoms in total. The molecule has 1 aliphatic rings. The molecule has 29 heavy (non-hydrogen) atoms. The zero-order chi connectivity index (χ0) is 20.1. The minimum absolute atomic E-state index is 0.197. The molecule has 0 bridgehead atoms. The minimum Gasteiger partial charge on any atom is -0.373 e. The lowest BCUT2D eigenvalue weighted by atomic mass is 9.94. The number of benzene rings is 1. The van der Waals surface area contributed by atoms with Crippen LogP contribution < -0.4 is 10.6 Å². The molecule has 0 spiro atoms. The van der Waals surface area contributed by atoms with Crippen molar-refractivity contribution >= 4 is 17.6 Å². The summed E-state index contributed by atoms with van der Waals surface area (Å²) in [6.45, 7) is 2.78. The molecule has 2 N–H and O–H groups in total. The van der Waals surface area contributed by atoms with Gasteiger partial charge in [-0.3, -0.25) is 4.90 Å². The van der Waals surface area contributed by atoms with E-state index in [1.807, 2.05) is 25.2 Å². The predicted molar refractivity (Wildman–Crippen MR) is 111 cm³/mol. The Morgan fingerprint density at radius 3 is 2.76 bits per heavy atom. The SMILES string of the molecule is CNc1cc(Nc2nccc(C3CCCN(Cc4ccc(F)cc4)C3)n2)ncn1. The monoisotopic (exact) mass is 393 g/mol. The van der Waals surface area contributed by atoms with Gasteiger partial charge in [-0.05, 0) is 43.1 Å². The molecule has 8 heteroatoms. The van der Waals surface area contributed by atoms with Crippen molar-refractivity contribution in [2.45, 2.75) is 25.3 Å². The molecular weight excluding hydrogens is 369 g/mol. The Morgan fingerprint density at radius 1 is 1.10 bits per heavy atom. The summed E-state index contributed by atoms with van der Waals surface area (Å²) in [5.74, 6) is 2.03. The fraction of sp³-hybridized carbons (Fsp3) is 0.333. The van der Waals surface area contributed by atoms with Crippen molar-refractivity contribution in [2.24, 2.45) is 0 Å². The van der Waals surface area contributed by atoms with Crippen LogP contribution in [0.3, 0.4) is 0 Å². The van der Waals surface area contributed by atoms with Gasteiger partial charge in [-0.1, -0.05) is 12.1 Å². The van der Waals surface area contributed by atoms with Gasteiger partial charge in [-0.15, -0.1) is 0 Å². The summed E-state index contributed by atoms with van der Waals surface area (Å²) in [6, 6.07) is 10.5. The van der Waals surface area contributed by atoms with Crippen LogP contribution in [0.15, 0.2) is 48.9 Å². The average molecular weight is 393 g/mol. The highest BCUT2D eigenvalue weighted by atomic mass is 19.1. The summed E-state index contributed by atoms with van der Waals surface area (Å²) in [5, 5.41) is 6.14. The van der Waals surface area contributed by atoms with Crippen LogP contribution in [0.2, 0.25) is 0 Å². The van der Waals surface area contributed by atoms with Gasteiger partial charge in [0, 0.05) is 38.3 Å². The maximum atomic E-state index is 13.1. The number of hydrogen-bond donors (Lipinski definition) is 2. The fourth-order valence-electron chi connectivity index (χ4n) is 3.63. The molecule has 0 aliphatic carbocycles. The molecule has 3 aromatic rings. The van der Waals surface area contributed by atoms with Crippen molar-refractivity contribution < 1.29 is 4.39 Å². The van der Waals surface area contributed by atoms with Crippen molar-refractivity contribution in [3.63, 3.8) is 0 Å². The van der Waals surface area contributed by atoms with Gasteiger partial charge in [0.05, 0.1) is 5.69 Å². The Kier molecular flexibility index (Phi) is 5.90. The van der Waals surface area contributed by atoms with E-state index in [0.29, 0.717) is 17.7 Å². The summed E-state index contributed by atoms with van der Waals surface area (Å²) in [7, 11) is 1.81. The van der Waals surface area contributed by atoms with E-state index in [9.17, 15) is 4.39 Å². The van der Waals surface area contributed by atoms with E-state index >= 15 is 0 Å². The summed E-state index contributed by atoms with van der Waals surface area (Å²) in [5.41, 5.74) is 2.15. The van der Waals surface area contributed by atoms with Crippen molar-refractivity contribution in [2.75, 3.05) is 30.8 Å². The molecular formula is C21H24FN7. The molecule has 1 fully saturated rings. The van der Waals surface area contributed by atoms with Gasteiger partial charge in [-0.25, -0.2) is 24.3 Å². The number of piperidine rings is 1. The third kappa shape index (κ3) is 5.03. The van der Waals surface area contributed by atoms with E-state index < -0.39 is 0 Å². The van der Waals surface area contributed by atoms with E-state index in [2.05, 4.69) is 30.5 Å². The Morgan fingerprint density at radius 2 is 1.93 bits per heavy atom. The maximum absolute atomic E-state index is 13.1. The number of likely N-dealkylation sites (tertiary alicyclic amines) is 1. The highest BCUT2D eigenvalue weighted by molar-refractivity contribution is 5.52. The number of rotatable bonds is 6. The molecule has 4 rings (SSSR count). The largest absolute Gasteiger partial charge is 0.373 e. The third-order valence-electron chi connectivity index (χ3n) is 5.08. The van der Waals surface area contributed by atoms with Crippen LogP contribution >= 0.6 is 0 Å². The van der Waals surface area contributed by atoms with Crippen LogP contribution in [0.4, 0.5) is 22.0 Å². The van der Waals surface area contributed by atoms with Gasteiger partial charge in [0.25, 0.3) is 0 Å². The summed E-state index contributed by atoms with van der Waals surface area (Å²) in [4.78, 5) is 19.8. The molecule has 2 aromatic heterocycles. The Bertz CT molecular complexity index is 948. The Labute approximate surface area is 169 Å². The molecule has 0 saturated carbocycles. The number of anilines is 3. The second kappa shape index (κ2) is 8.91. The number of nitrogens with zero attached hydrogens (tertiary/aromatic N) is 5. The topological polar surface area (TPSA) is 78.9 Å². The highest BCUT2D eigenvalue weighted by Gasteiger charge is 2.23. The molecule has 0 amide bonds. The molecule has 1 unspecified atom stereocenters. The molecule has 1 saturated heterocycles. The molecule has 3 heterocycles. The van der Waals surface area contributed by atoms with Gasteiger partial charge in [-0.2, -0.15) is 0 Å². The van der Waals surface area contributed by atoms with E-state index in [1.54, 1.807) is 12.3 Å². The molecule has 1 aliphatic heterocycles. The number of nitrogens with one attached hydrogen (secondary N) is 2. The van der Waals surface area contributed by atoms with Crippen LogP contribution in [0, 0.1) is 5.82 Å².